The summed E-state index contributed by atoms with van der Waals surface area (Å²) in [5.74, 6) is -1.82. The molecule has 0 unspecified atom stereocenters. The summed E-state index contributed by atoms with van der Waals surface area (Å²) in [7, 11) is 0. The molecule has 2 heterocycles. The van der Waals surface area contributed by atoms with Crippen molar-refractivity contribution >= 4 is 34.9 Å². The van der Waals surface area contributed by atoms with Gasteiger partial charge in [-0.2, -0.15) is 0 Å². The van der Waals surface area contributed by atoms with Crippen LogP contribution in [0.5, 0.6) is 0 Å². The van der Waals surface area contributed by atoms with Gasteiger partial charge in [0.1, 0.15) is 11.6 Å². The van der Waals surface area contributed by atoms with E-state index in [0.717, 1.165) is 39.9 Å². The van der Waals surface area contributed by atoms with Crippen LogP contribution in [0.25, 0.3) is 17.4 Å². The lowest BCUT2D eigenvalue weighted by Gasteiger charge is -2.12. The minimum Gasteiger partial charge on any atom is -0.441 e. The van der Waals surface area contributed by atoms with E-state index in [4.69, 9.17) is 4.42 Å². The number of amides is 3. The van der Waals surface area contributed by atoms with Crippen molar-refractivity contribution in [3.8, 4) is 11.3 Å². The number of oxazole rings is 1. The van der Waals surface area contributed by atoms with E-state index >= 15 is 0 Å². The zero-order valence-corrected chi connectivity index (χ0v) is 19.5. The van der Waals surface area contributed by atoms with Crippen LogP contribution < -0.4 is 5.32 Å². The molecule has 1 aliphatic heterocycles. The van der Waals surface area contributed by atoms with Crippen molar-refractivity contribution in [1.29, 1.82) is 0 Å². The Bertz CT molecular complexity index is 1300. The average molecular weight is 498 g/mol. The van der Waals surface area contributed by atoms with Crippen LogP contribution in [0.2, 0.25) is 0 Å². The minimum absolute atomic E-state index is 0.0427. The smallest absolute Gasteiger partial charge is 0.293 e. The predicted molar refractivity (Wildman–Crippen MR) is 127 cm³/mol. The molecule has 4 rings (SSSR count). The third kappa shape index (κ3) is 6.02. The van der Waals surface area contributed by atoms with Gasteiger partial charge < -0.3 is 9.73 Å². The minimum atomic E-state index is -0.772. The molecule has 0 spiro atoms. The Kier molecular flexibility index (Phi) is 7.40. The SMILES string of the molecule is Cc1ccc(/C=C2\SC(=O)N(CCNC(=O)CCc3ncc(-c4ccc(F)cc4F)o3)C2=O)cc1. The Morgan fingerprint density at radius 1 is 1.17 bits per heavy atom. The number of carbonyl (C=O) groups excluding carboxylic acids is 3. The molecule has 1 aromatic heterocycles. The van der Waals surface area contributed by atoms with Gasteiger partial charge in [0.15, 0.2) is 11.7 Å². The van der Waals surface area contributed by atoms with Gasteiger partial charge >= 0.3 is 0 Å². The summed E-state index contributed by atoms with van der Waals surface area (Å²) in [6.07, 6.45) is 3.19. The zero-order chi connectivity index (χ0) is 24.9. The Morgan fingerprint density at radius 2 is 1.94 bits per heavy atom. The van der Waals surface area contributed by atoms with E-state index in [1.165, 1.54) is 12.3 Å². The number of aromatic nitrogens is 1. The molecule has 1 aliphatic rings. The normalized spacial score (nSPS) is 14.7. The van der Waals surface area contributed by atoms with Gasteiger partial charge in [-0.15, -0.1) is 0 Å². The third-order valence-corrected chi connectivity index (χ3v) is 6.13. The second-order valence-corrected chi connectivity index (χ2v) is 8.83. The molecule has 0 atom stereocenters. The number of hydrogen-bond donors (Lipinski definition) is 1. The Labute approximate surface area is 204 Å². The summed E-state index contributed by atoms with van der Waals surface area (Å²) in [6, 6.07) is 10.7. The summed E-state index contributed by atoms with van der Waals surface area (Å²) in [5, 5.41) is 2.27. The number of aryl methyl sites for hydroxylation is 2. The number of thioether (sulfide) groups is 1. The first-order chi connectivity index (χ1) is 16.8. The van der Waals surface area contributed by atoms with E-state index < -0.39 is 17.5 Å². The largest absolute Gasteiger partial charge is 0.441 e. The maximum absolute atomic E-state index is 13.9. The van der Waals surface area contributed by atoms with E-state index in [0.29, 0.717) is 4.91 Å². The van der Waals surface area contributed by atoms with Gasteiger partial charge in [0.25, 0.3) is 11.1 Å². The topological polar surface area (TPSA) is 92.5 Å². The van der Waals surface area contributed by atoms with E-state index in [9.17, 15) is 23.2 Å². The second-order valence-electron chi connectivity index (χ2n) is 7.84. The van der Waals surface area contributed by atoms with Crippen molar-refractivity contribution in [2.24, 2.45) is 0 Å². The monoisotopic (exact) mass is 497 g/mol. The number of hydrogen-bond acceptors (Lipinski definition) is 6. The number of carbonyl (C=O) groups is 3. The first-order valence-electron chi connectivity index (χ1n) is 10.8. The molecular formula is C25H21F2N3O4S. The standard InChI is InChI=1S/C25H21F2N3O4S/c1-15-2-4-16(5-3-15)12-21-24(32)30(25(33)35-21)11-10-28-22(31)8-9-23-29-14-20(34-23)18-7-6-17(26)13-19(18)27/h2-7,12-14H,8-11H2,1H3,(H,28,31)/b21-12-. The quantitative estimate of drug-likeness (QED) is 0.453. The first kappa shape index (κ1) is 24.3. The van der Waals surface area contributed by atoms with Crippen LogP contribution in [-0.4, -0.2) is 40.0 Å². The molecule has 0 radical (unpaired) electrons. The summed E-state index contributed by atoms with van der Waals surface area (Å²) >= 11 is 0.867. The molecule has 3 amide bonds. The third-order valence-electron chi connectivity index (χ3n) is 5.22. The molecule has 1 saturated heterocycles. The van der Waals surface area contributed by atoms with Gasteiger partial charge in [-0.1, -0.05) is 29.8 Å². The Morgan fingerprint density at radius 3 is 2.69 bits per heavy atom. The van der Waals surface area contributed by atoms with Crippen LogP contribution in [0.1, 0.15) is 23.4 Å². The molecule has 0 bridgehead atoms. The Balaban J connectivity index is 1.24. The molecule has 3 aromatic rings. The Hall–Kier alpha value is -3.79. The van der Waals surface area contributed by atoms with Crippen molar-refractivity contribution in [2.45, 2.75) is 19.8 Å². The molecule has 1 N–H and O–H groups in total. The maximum Gasteiger partial charge on any atom is 0.293 e. The van der Waals surface area contributed by atoms with Gasteiger partial charge in [-0.3, -0.25) is 19.3 Å². The fourth-order valence-corrected chi connectivity index (χ4v) is 4.23. The van der Waals surface area contributed by atoms with Crippen LogP contribution in [0.4, 0.5) is 13.6 Å². The number of nitrogens with zero attached hydrogens (tertiary/aromatic N) is 2. The highest BCUT2D eigenvalue weighted by atomic mass is 32.2. The van der Waals surface area contributed by atoms with Crippen LogP contribution >= 0.6 is 11.8 Å². The van der Waals surface area contributed by atoms with Gasteiger partial charge in [0.2, 0.25) is 5.91 Å². The lowest BCUT2D eigenvalue weighted by molar-refractivity contribution is -0.124. The molecule has 2 aromatic carbocycles. The highest BCUT2D eigenvalue weighted by Gasteiger charge is 2.34. The fraction of sp³-hybridized carbons (Fsp3) is 0.200. The molecule has 180 valence electrons. The average Bonchev–Trinajstić information content (AvgIpc) is 3.39. The first-order valence-corrected chi connectivity index (χ1v) is 11.6. The van der Waals surface area contributed by atoms with Crippen molar-refractivity contribution in [1.82, 2.24) is 15.2 Å². The summed E-state index contributed by atoms with van der Waals surface area (Å²) in [4.78, 5) is 42.4. The lowest BCUT2D eigenvalue weighted by atomic mass is 10.1. The van der Waals surface area contributed by atoms with Gasteiger partial charge in [-0.25, -0.2) is 13.8 Å². The fourth-order valence-electron chi connectivity index (χ4n) is 3.36. The van der Waals surface area contributed by atoms with Crippen LogP contribution in [0.3, 0.4) is 0 Å². The predicted octanol–water partition coefficient (Wildman–Crippen LogP) is 4.71. The van der Waals surface area contributed by atoms with E-state index in [2.05, 4.69) is 10.3 Å². The van der Waals surface area contributed by atoms with Gasteiger partial charge in [0.05, 0.1) is 16.7 Å². The summed E-state index contributed by atoms with van der Waals surface area (Å²) in [6.45, 7) is 2.12. The number of nitrogens with one attached hydrogen (secondary N) is 1. The van der Waals surface area contributed by atoms with E-state index in [1.807, 2.05) is 31.2 Å². The lowest BCUT2D eigenvalue weighted by Crippen LogP contribution is -2.37. The molecule has 35 heavy (non-hydrogen) atoms. The van der Waals surface area contributed by atoms with E-state index in [1.54, 1.807) is 6.08 Å². The number of benzene rings is 2. The molecule has 0 aliphatic carbocycles. The molecule has 7 nitrogen and oxygen atoms in total. The molecule has 10 heteroatoms. The molecule has 1 fully saturated rings. The molecular weight excluding hydrogens is 476 g/mol. The van der Waals surface area contributed by atoms with Crippen molar-refractivity contribution < 1.29 is 27.6 Å². The zero-order valence-electron chi connectivity index (χ0n) is 18.7. The van der Waals surface area contributed by atoms with Gasteiger partial charge in [0, 0.05) is 32.0 Å². The number of imide groups is 1. The van der Waals surface area contributed by atoms with E-state index in [-0.39, 0.29) is 54.3 Å². The van der Waals surface area contributed by atoms with Crippen LogP contribution in [0, 0.1) is 18.6 Å². The number of halogens is 2. The van der Waals surface area contributed by atoms with Crippen LogP contribution in [0.15, 0.2) is 58.0 Å². The highest BCUT2D eigenvalue weighted by Crippen LogP contribution is 2.32. The molecule has 0 saturated carbocycles. The van der Waals surface area contributed by atoms with Crippen LogP contribution in [-0.2, 0) is 16.0 Å². The summed E-state index contributed by atoms with van der Waals surface area (Å²) < 4.78 is 32.4. The summed E-state index contributed by atoms with van der Waals surface area (Å²) in [5.41, 5.74) is 1.99. The maximum atomic E-state index is 13.9. The van der Waals surface area contributed by atoms with Gasteiger partial charge in [-0.05, 0) is 42.5 Å². The number of rotatable bonds is 8. The van der Waals surface area contributed by atoms with Crippen molar-refractivity contribution in [3.05, 3.63) is 82.2 Å². The highest BCUT2D eigenvalue weighted by molar-refractivity contribution is 8.18. The van der Waals surface area contributed by atoms with Crippen molar-refractivity contribution in [3.63, 3.8) is 0 Å². The second kappa shape index (κ2) is 10.6. The van der Waals surface area contributed by atoms with Crippen molar-refractivity contribution in [2.75, 3.05) is 13.1 Å².